The zero-order valence-electron chi connectivity index (χ0n) is 8.78. The van der Waals surface area contributed by atoms with E-state index in [1.807, 2.05) is 29.2 Å². The van der Waals surface area contributed by atoms with Gasteiger partial charge in [-0.05, 0) is 24.5 Å². The molecule has 1 aromatic carbocycles. The van der Waals surface area contributed by atoms with E-state index in [0.29, 0.717) is 13.0 Å². The van der Waals surface area contributed by atoms with Crippen LogP contribution in [0.5, 0.6) is 0 Å². The maximum absolute atomic E-state index is 11.6. The monoisotopic (exact) mass is 204 g/mol. The average Bonchev–Trinajstić information content (AvgIpc) is 2.24. The van der Waals surface area contributed by atoms with E-state index in [-0.39, 0.29) is 5.91 Å². The van der Waals surface area contributed by atoms with Crippen LogP contribution < -0.4 is 5.73 Å². The molecule has 1 heterocycles. The number of likely N-dealkylation sites (tertiary alicyclic amines) is 1. The van der Waals surface area contributed by atoms with Gasteiger partial charge in [0.05, 0.1) is 0 Å². The molecule has 2 N–H and O–H groups in total. The second-order valence-electron chi connectivity index (χ2n) is 3.97. The molecule has 0 aliphatic carbocycles. The van der Waals surface area contributed by atoms with Crippen molar-refractivity contribution in [3.05, 3.63) is 29.8 Å². The van der Waals surface area contributed by atoms with Gasteiger partial charge in [-0.25, -0.2) is 0 Å². The summed E-state index contributed by atoms with van der Waals surface area (Å²) in [6.07, 6.45) is 2.82. The van der Waals surface area contributed by atoms with E-state index in [9.17, 15) is 4.79 Å². The lowest BCUT2D eigenvalue weighted by Crippen LogP contribution is -2.34. The van der Waals surface area contributed by atoms with Gasteiger partial charge in [-0.3, -0.25) is 4.79 Å². The molecule has 0 aromatic heterocycles. The molecule has 0 unspecified atom stereocenters. The fourth-order valence-electron chi connectivity index (χ4n) is 1.91. The van der Waals surface area contributed by atoms with Gasteiger partial charge < -0.3 is 10.6 Å². The van der Waals surface area contributed by atoms with Crippen molar-refractivity contribution in [2.45, 2.75) is 25.8 Å². The first kappa shape index (κ1) is 10.0. The van der Waals surface area contributed by atoms with Gasteiger partial charge in [-0.15, -0.1) is 0 Å². The molecule has 1 aromatic rings. The summed E-state index contributed by atoms with van der Waals surface area (Å²) in [6, 6.07) is 7.73. The lowest BCUT2D eigenvalue weighted by Gasteiger charge is -2.27. The molecular weight excluding hydrogens is 188 g/mol. The van der Waals surface area contributed by atoms with E-state index >= 15 is 0 Å². The molecule has 2 rings (SSSR count). The minimum Gasteiger partial charge on any atom is -0.398 e. The van der Waals surface area contributed by atoms with Crippen LogP contribution in [0.15, 0.2) is 24.3 Å². The summed E-state index contributed by atoms with van der Waals surface area (Å²) >= 11 is 0. The summed E-state index contributed by atoms with van der Waals surface area (Å²) < 4.78 is 0. The third-order valence-electron chi connectivity index (χ3n) is 2.84. The van der Waals surface area contributed by atoms with E-state index in [1.54, 1.807) is 0 Å². The van der Waals surface area contributed by atoms with Crippen LogP contribution in [0.1, 0.15) is 24.8 Å². The van der Waals surface area contributed by atoms with Crippen LogP contribution in [0.4, 0.5) is 5.69 Å². The number of rotatable bonds is 2. The fraction of sp³-hybridized carbons (Fsp3) is 0.417. The highest BCUT2D eigenvalue weighted by molar-refractivity contribution is 5.77. The average molecular weight is 204 g/mol. The topological polar surface area (TPSA) is 46.3 Å². The molecular formula is C12H16N2O. The van der Waals surface area contributed by atoms with Gasteiger partial charge in [0, 0.05) is 25.2 Å². The van der Waals surface area contributed by atoms with Crippen LogP contribution >= 0.6 is 0 Å². The normalized spacial score (nSPS) is 16.8. The van der Waals surface area contributed by atoms with Crippen molar-refractivity contribution < 1.29 is 4.79 Å². The Kier molecular flexibility index (Phi) is 2.90. The smallest absolute Gasteiger partial charge is 0.222 e. The number of nitrogens with zero attached hydrogens (tertiary/aromatic N) is 1. The predicted molar refractivity (Wildman–Crippen MR) is 60.1 cm³/mol. The number of amides is 1. The van der Waals surface area contributed by atoms with Crippen molar-refractivity contribution >= 4 is 11.6 Å². The minimum atomic E-state index is 0.254. The molecule has 1 aliphatic rings. The molecule has 80 valence electrons. The van der Waals surface area contributed by atoms with Crippen molar-refractivity contribution in [1.29, 1.82) is 0 Å². The molecule has 15 heavy (non-hydrogen) atoms. The summed E-state index contributed by atoms with van der Waals surface area (Å²) in [5.41, 5.74) is 7.67. The molecule has 0 atom stereocenters. The van der Waals surface area contributed by atoms with Crippen molar-refractivity contribution in [2.75, 3.05) is 12.3 Å². The number of carbonyl (C=O) groups is 1. The molecule has 1 saturated heterocycles. The predicted octanol–water partition coefficient (Wildman–Crippen LogP) is 1.78. The van der Waals surface area contributed by atoms with Crippen molar-refractivity contribution in [3.8, 4) is 0 Å². The van der Waals surface area contributed by atoms with E-state index in [2.05, 4.69) is 0 Å². The first-order valence-corrected chi connectivity index (χ1v) is 5.38. The van der Waals surface area contributed by atoms with Crippen LogP contribution in [-0.2, 0) is 11.3 Å². The Morgan fingerprint density at radius 3 is 2.80 bits per heavy atom. The maximum Gasteiger partial charge on any atom is 0.222 e. The van der Waals surface area contributed by atoms with Crippen molar-refractivity contribution in [3.63, 3.8) is 0 Å². The Hall–Kier alpha value is -1.51. The zero-order valence-corrected chi connectivity index (χ0v) is 8.78. The zero-order chi connectivity index (χ0) is 10.7. The van der Waals surface area contributed by atoms with Gasteiger partial charge in [-0.2, -0.15) is 0 Å². The van der Waals surface area contributed by atoms with Crippen molar-refractivity contribution in [1.82, 2.24) is 4.90 Å². The van der Waals surface area contributed by atoms with E-state index in [1.165, 1.54) is 0 Å². The van der Waals surface area contributed by atoms with Crippen LogP contribution in [0.25, 0.3) is 0 Å². The molecule has 0 saturated carbocycles. The van der Waals surface area contributed by atoms with E-state index in [0.717, 1.165) is 30.6 Å². The molecule has 0 radical (unpaired) electrons. The number of carbonyl (C=O) groups excluding carboxylic acids is 1. The van der Waals surface area contributed by atoms with Gasteiger partial charge in [0.25, 0.3) is 0 Å². The fourth-order valence-corrected chi connectivity index (χ4v) is 1.91. The Labute approximate surface area is 89.9 Å². The Bertz CT molecular complexity index is 362. The van der Waals surface area contributed by atoms with Gasteiger partial charge in [0.2, 0.25) is 5.91 Å². The van der Waals surface area contributed by atoms with E-state index in [4.69, 9.17) is 5.73 Å². The Morgan fingerprint density at radius 1 is 1.27 bits per heavy atom. The largest absolute Gasteiger partial charge is 0.398 e. The number of nitrogen functional groups attached to an aromatic ring is 1. The second kappa shape index (κ2) is 4.34. The number of anilines is 1. The third-order valence-corrected chi connectivity index (χ3v) is 2.84. The van der Waals surface area contributed by atoms with Crippen LogP contribution in [0.2, 0.25) is 0 Å². The van der Waals surface area contributed by atoms with Crippen LogP contribution in [-0.4, -0.2) is 17.4 Å². The number of piperidine rings is 1. The summed E-state index contributed by atoms with van der Waals surface area (Å²) in [7, 11) is 0. The van der Waals surface area contributed by atoms with Gasteiger partial charge in [-0.1, -0.05) is 18.2 Å². The van der Waals surface area contributed by atoms with Crippen LogP contribution in [0.3, 0.4) is 0 Å². The number of nitrogens with two attached hydrogens (primary N) is 1. The van der Waals surface area contributed by atoms with Crippen LogP contribution in [0, 0.1) is 0 Å². The Morgan fingerprint density at radius 2 is 2.07 bits per heavy atom. The first-order valence-electron chi connectivity index (χ1n) is 5.38. The van der Waals surface area contributed by atoms with Crippen molar-refractivity contribution in [2.24, 2.45) is 0 Å². The summed E-state index contributed by atoms with van der Waals surface area (Å²) in [5.74, 6) is 0.254. The van der Waals surface area contributed by atoms with E-state index < -0.39 is 0 Å². The number of hydrogen-bond acceptors (Lipinski definition) is 2. The maximum atomic E-state index is 11.6. The molecule has 0 bridgehead atoms. The van der Waals surface area contributed by atoms with Gasteiger partial charge in [0.15, 0.2) is 0 Å². The Balaban J connectivity index is 2.08. The molecule has 1 aliphatic heterocycles. The third kappa shape index (κ3) is 2.29. The minimum absolute atomic E-state index is 0.254. The SMILES string of the molecule is Nc1ccccc1CN1CCCCC1=O. The highest BCUT2D eigenvalue weighted by Crippen LogP contribution is 2.17. The highest BCUT2D eigenvalue weighted by atomic mass is 16.2. The molecule has 1 amide bonds. The number of benzene rings is 1. The number of para-hydroxylation sites is 1. The summed E-state index contributed by atoms with van der Waals surface area (Å²) in [6.45, 7) is 1.53. The quantitative estimate of drug-likeness (QED) is 0.746. The second-order valence-corrected chi connectivity index (χ2v) is 3.97. The lowest BCUT2D eigenvalue weighted by atomic mass is 10.1. The molecule has 0 spiro atoms. The number of hydrogen-bond donors (Lipinski definition) is 1. The summed E-state index contributed by atoms with van der Waals surface area (Å²) in [5, 5.41) is 0. The first-order chi connectivity index (χ1) is 7.27. The van der Waals surface area contributed by atoms with Gasteiger partial charge >= 0.3 is 0 Å². The highest BCUT2D eigenvalue weighted by Gasteiger charge is 2.18. The molecule has 3 nitrogen and oxygen atoms in total. The molecule has 1 fully saturated rings. The summed E-state index contributed by atoms with van der Waals surface area (Å²) in [4.78, 5) is 13.5. The standard InChI is InChI=1S/C12H16N2O/c13-11-6-2-1-5-10(11)9-14-8-4-3-7-12(14)15/h1-2,5-6H,3-4,7-9,13H2. The molecule has 3 heteroatoms. The van der Waals surface area contributed by atoms with Gasteiger partial charge in [0.1, 0.15) is 0 Å². The lowest BCUT2D eigenvalue weighted by molar-refractivity contribution is -0.133.